The topological polar surface area (TPSA) is 103 Å². The molecule has 0 amide bonds. The van der Waals surface area contributed by atoms with Gasteiger partial charge in [-0.15, -0.1) is 0 Å². The lowest BCUT2D eigenvalue weighted by Gasteiger charge is -2.48. The number of carbonyl (C=O) groups is 2. The van der Waals surface area contributed by atoms with Gasteiger partial charge in [-0.3, -0.25) is 9.59 Å². The van der Waals surface area contributed by atoms with E-state index in [0.717, 1.165) is 11.1 Å². The zero-order valence-electron chi connectivity index (χ0n) is 22.0. The Balaban J connectivity index is 1.39. The number of benzene rings is 2. The molecule has 0 aromatic heterocycles. The third kappa shape index (κ3) is 5.75. The summed E-state index contributed by atoms with van der Waals surface area (Å²) in [6.45, 7) is 5.99. The average Bonchev–Trinajstić information content (AvgIpc) is 2.89. The number of nitrogens with one attached hydrogen (secondary N) is 1. The fraction of sp³-hybridized carbons (Fsp3) is 0.467. The monoisotopic (exact) mass is 521 g/mol. The number of aliphatic hydroxyl groups is 1. The Morgan fingerprint density at radius 1 is 1.00 bits per heavy atom. The van der Waals surface area contributed by atoms with Gasteiger partial charge < -0.3 is 29.4 Å². The SMILES string of the molecule is CC(N[C@H]1[C@@H](OCc2ccccc2)O[C@@H]2COC(c3ccccc3)O[C@H]2[C@@H]1O)=C1C(=O)CC(C)(C)CC1=O. The van der Waals surface area contributed by atoms with Crippen LogP contribution >= 0.6 is 0 Å². The van der Waals surface area contributed by atoms with Crippen molar-refractivity contribution in [2.75, 3.05) is 6.61 Å². The molecule has 0 spiro atoms. The highest BCUT2D eigenvalue weighted by atomic mass is 16.7. The molecule has 8 heteroatoms. The van der Waals surface area contributed by atoms with Gasteiger partial charge in [-0.25, -0.2) is 0 Å². The third-order valence-electron chi connectivity index (χ3n) is 7.29. The summed E-state index contributed by atoms with van der Waals surface area (Å²) in [5.41, 5.74) is 1.96. The first-order valence-corrected chi connectivity index (χ1v) is 13.1. The number of fused-ring (bicyclic) bond motifs is 1. The molecule has 38 heavy (non-hydrogen) atoms. The van der Waals surface area contributed by atoms with Gasteiger partial charge in [0.05, 0.1) is 18.8 Å². The van der Waals surface area contributed by atoms with Crippen LogP contribution in [0.15, 0.2) is 71.9 Å². The molecule has 2 N–H and O–H groups in total. The van der Waals surface area contributed by atoms with Crippen LogP contribution < -0.4 is 5.32 Å². The van der Waals surface area contributed by atoms with Gasteiger partial charge in [0.25, 0.3) is 0 Å². The zero-order valence-corrected chi connectivity index (χ0v) is 22.0. The highest BCUT2D eigenvalue weighted by molar-refractivity contribution is 6.22. The van der Waals surface area contributed by atoms with Crippen molar-refractivity contribution in [3.8, 4) is 0 Å². The van der Waals surface area contributed by atoms with Gasteiger partial charge in [-0.2, -0.15) is 0 Å². The molecule has 2 aliphatic heterocycles. The van der Waals surface area contributed by atoms with Crippen molar-refractivity contribution in [1.82, 2.24) is 5.32 Å². The predicted molar refractivity (Wildman–Crippen MR) is 139 cm³/mol. The van der Waals surface area contributed by atoms with Crippen LogP contribution in [-0.4, -0.2) is 53.9 Å². The number of hydrogen-bond acceptors (Lipinski definition) is 8. The lowest BCUT2D eigenvalue weighted by atomic mass is 9.73. The average molecular weight is 522 g/mol. The van der Waals surface area contributed by atoms with Crippen LogP contribution in [0.1, 0.15) is 51.0 Å². The summed E-state index contributed by atoms with van der Waals surface area (Å²) in [6, 6.07) is 18.4. The number of rotatable bonds is 6. The summed E-state index contributed by atoms with van der Waals surface area (Å²) in [4.78, 5) is 25.8. The largest absolute Gasteiger partial charge is 0.388 e. The van der Waals surface area contributed by atoms with Gasteiger partial charge in [0.1, 0.15) is 24.4 Å². The van der Waals surface area contributed by atoms with Gasteiger partial charge in [-0.1, -0.05) is 74.5 Å². The highest BCUT2D eigenvalue weighted by Crippen LogP contribution is 2.37. The van der Waals surface area contributed by atoms with E-state index in [4.69, 9.17) is 18.9 Å². The Morgan fingerprint density at radius 2 is 1.63 bits per heavy atom. The molecule has 0 bridgehead atoms. The molecule has 0 radical (unpaired) electrons. The van der Waals surface area contributed by atoms with Crippen LogP contribution in [0.25, 0.3) is 0 Å². The van der Waals surface area contributed by atoms with E-state index in [1.807, 2.05) is 74.5 Å². The Kier molecular flexibility index (Phi) is 7.79. The van der Waals surface area contributed by atoms with E-state index >= 15 is 0 Å². The summed E-state index contributed by atoms with van der Waals surface area (Å²) in [5, 5.41) is 14.8. The Hall–Kier alpha value is -2.88. The van der Waals surface area contributed by atoms with E-state index in [2.05, 4.69) is 5.32 Å². The maximum atomic E-state index is 12.9. The van der Waals surface area contributed by atoms with E-state index in [-0.39, 0.29) is 48.6 Å². The molecule has 2 aromatic carbocycles. The van der Waals surface area contributed by atoms with Crippen molar-refractivity contribution in [2.45, 2.75) is 77.2 Å². The van der Waals surface area contributed by atoms with E-state index in [0.29, 0.717) is 5.70 Å². The van der Waals surface area contributed by atoms with Crippen molar-refractivity contribution in [2.24, 2.45) is 5.41 Å². The Morgan fingerprint density at radius 3 is 2.29 bits per heavy atom. The molecule has 3 aliphatic rings. The first kappa shape index (κ1) is 26.7. The molecule has 3 fully saturated rings. The van der Waals surface area contributed by atoms with Crippen LogP contribution in [0.5, 0.6) is 0 Å². The number of carbonyl (C=O) groups excluding carboxylic acids is 2. The first-order valence-electron chi connectivity index (χ1n) is 13.1. The number of allylic oxidation sites excluding steroid dienone is 2. The third-order valence-corrected chi connectivity index (χ3v) is 7.29. The number of hydrogen-bond donors (Lipinski definition) is 2. The Bertz CT molecular complexity index is 1160. The van der Waals surface area contributed by atoms with Crippen molar-refractivity contribution >= 4 is 11.6 Å². The summed E-state index contributed by atoms with van der Waals surface area (Å²) in [5.74, 6) is -0.401. The van der Waals surface area contributed by atoms with Gasteiger partial charge in [0, 0.05) is 24.1 Å². The minimum Gasteiger partial charge on any atom is -0.388 e. The highest BCUT2D eigenvalue weighted by Gasteiger charge is 2.50. The standard InChI is InChI=1S/C30H35NO7/c1-18(24-21(32)14-30(2,3)15-22(24)33)31-25-26(34)27-23(17-36-28(38-27)20-12-8-5-9-13-20)37-29(25)35-16-19-10-6-4-7-11-19/h4-13,23,25-29,31,34H,14-17H2,1-3H3/t23-,25-,26-,27-,28?,29+/m1/s1. The van der Waals surface area contributed by atoms with Crippen LogP contribution in [0.2, 0.25) is 0 Å². The van der Waals surface area contributed by atoms with Crippen LogP contribution in [0.4, 0.5) is 0 Å². The maximum Gasteiger partial charge on any atom is 0.184 e. The smallest absolute Gasteiger partial charge is 0.184 e. The van der Waals surface area contributed by atoms with Gasteiger partial charge in [0.2, 0.25) is 0 Å². The van der Waals surface area contributed by atoms with Crippen LogP contribution in [-0.2, 0) is 35.1 Å². The van der Waals surface area contributed by atoms with E-state index in [1.165, 1.54) is 0 Å². The quantitative estimate of drug-likeness (QED) is 0.439. The van der Waals surface area contributed by atoms with E-state index < -0.39 is 36.9 Å². The molecule has 1 saturated carbocycles. The second-order valence-corrected chi connectivity index (χ2v) is 11.0. The molecular weight excluding hydrogens is 486 g/mol. The fourth-order valence-corrected chi connectivity index (χ4v) is 5.42. The second-order valence-electron chi connectivity index (χ2n) is 11.0. The summed E-state index contributed by atoms with van der Waals surface area (Å²) < 4.78 is 24.5. The lowest BCUT2D eigenvalue weighted by molar-refractivity contribution is -0.345. The van der Waals surface area contributed by atoms with Gasteiger partial charge in [0.15, 0.2) is 24.1 Å². The summed E-state index contributed by atoms with van der Waals surface area (Å²) >= 11 is 0. The normalized spacial score (nSPS) is 31.0. The number of aliphatic hydroxyl groups excluding tert-OH is 1. The molecule has 1 aliphatic carbocycles. The Labute approximate surface area is 222 Å². The lowest BCUT2D eigenvalue weighted by Crippen LogP contribution is -2.66. The summed E-state index contributed by atoms with van der Waals surface area (Å²) in [7, 11) is 0. The van der Waals surface area contributed by atoms with Crippen molar-refractivity contribution in [1.29, 1.82) is 0 Å². The van der Waals surface area contributed by atoms with Gasteiger partial charge >= 0.3 is 0 Å². The zero-order chi connectivity index (χ0) is 26.9. The minimum atomic E-state index is -1.06. The molecule has 6 atom stereocenters. The predicted octanol–water partition coefficient (Wildman–Crippen LogP) is 3.59. The molecule has 1 unspecified atom stereocenters. The number of ether oxygens (including phenoxy) is 4. The fourth-order valence-electron chi connectivity index (χ4n) is 5.42. The van der Waals surface area contributed by atoms with Crippen molar-refractivity contribution < 1.29 is 33.6 Å². The maximum absolute atomic E-state index is 12.9. The molecule has 2 aromatic rings. The van der Waals surface area contributed by atoms with E-state index in [9.17, 15) is 14.7 Å². The first-order chi connectivity index (χ1) is 18.2. The minimum absolute atomic E-state index is 0.149. The summed E-state index contributed by atoms with van der Waals surface area (Å²) in [6.07, 6.45) is -3.30. The van der Waals surface area contributed by atoms with E-state index in [1.54, 1.807) is 6.92 Å². The van der Waals surface area contributed by atoms with Crippen LogP contribution in [0, 0.1) is 5.41 Å². The number of ketones is 2. The number of Topliss-reactive ketones (excluding diaryl/α,β-unsaturated/α-hetero) is 2. The van der Waals surface area contributed by atoms with Crippen LogP contribution in [0.3, 0.4) is 0 Å². The molecule has 2 saturated heterocycles. The second kappa shape index (κ2) is 11.1. The van der Waals surface area contributed by atoms with Crippen molar-refractivity contribution in [3.63, 3.8) is 0 Å². The molecule has 2 heterocycles. The molecule has 202 valence electrons. The molecule has 8 nitrogen and oxygen atoms in total. The van der Waals surface area contributed by atoms with Crippen molar-refractivity contribution in [3.05, 3.63) is 83.1 Å². The molecule has 5 rings (SSSR count). The molecular formula is C30H35NO7. The van der Waals surface area contributed by atoms with Gasteiger partial charge in [-0.05, 0) is 17.9 Å².